The van der Waals surface area contributed by atoms with Crippen molar-refractivity contribution in [3.63, 3.8) is 0 Å². The van der Waals surface area contributed by atoms with Gasteiger partial charge in [0.25, 0.3) is 5.56 Å². The highest BCUT2D eigenvalue weighted by Gasteiger charge is 2.35. The Balaban J connectivity index is 0.000000196. The molecule has 15 nitrogen and oxygen atoms in total. The molecule has 2 aliphatic rings. The molecule has 5 N–H and O–H groups in total. The van der Waals surface area contributed by atoms with E-state index in [4.69, 9.17) is 31.0 Å². The number of H-pyrrole nitrogens is 1. The van der Waals surface area contributed by atoms with Crippen molar-refractivity contribution in [1.82, 2.24) is 19.1 Å². The number of nitrogens with two attached hydrogens (primary N) is 1. The Morgan fingerprint density at radius 3 is 2.68 bits per heavy atom. The molecule has 0 amide bonds. The maximum Gasteiger partial charge on any atom is 0.351 e. The third-order valence-electron chi connectivity index (χ3n) is 5.08. The van der Waals surface area contributed by atoms with E-state index in [-0.39, 0.29) is 37.1 Å². The van der Waals surface area contributed by atoms with Gasteiger partial charge in [-0.15, -0.1) is 11.8 Å². The van der Waals surface area contributed by atoms with Gasteiger partial charge in [-0.1, -0.05) is 5.11 Å². The summed E-state index contributed by atoms with van der Waals surface area (Å²) < 4.78 is 13.5. The topological polar surface area (TPSA) is 223 Å². The van der Waals surface area contributed by atoms with Crippen molar-refractivity contribution in [2.24, 2.45) is 5.11 Å². The lowest BCUT2D eigenvalue weighted by Gasteiger charge is -2.14. The fourth-order valence-electron chi connectivity index (χ4n) is 3.37. The highest BCUT2D eigenvalue weighted by atomic mass is 32.2. The molecule has 0 aromatic carbocycles. The molecular formula is C18H24N8O7S. The number of thioether (sulfide) groups is 1. The van der Waals surface area contributed by atoms with Gasteiger partial charge in [0.1, 0.15) is 23.7 Å². The number of hydrogen-bond acceptors (Lipinski definition) is 11. The van der Waals surface area contributed by atoms with Crippen LogP contribution in [0.4, 0.5) is 5.82 Å². The molecule has 0 radical (unpaired) electrons. The van der Waals surface area contributed by atoms with E-state index in [1.165, 1.54) is 27.1 Å². The number of aromatic amines is 1. The molecule has 4 rings (SSSR count). The predicted octanol–water partition coefficient (Wildman–Crippen LogP) is -0.790. The van der Waals surface area contributed by atoms with Crippen LogP contribution < -0.4 is 22.7 Å². The van der Waals surface area contributed by atoms with Crippen LogP contribution in [0.25, 0.3) is 10.4 Å². The van der Waals surface area contributed by atoms with Crippen molar-refractivity contribution in [1.29, 1.82) is 0 Å². The smallest absolute Gasteiger partial charge is 0.351 e. The molecule has 2 aromatic heterocycles. The van der Waals surface area contributed by atoms with Crippen LogP contribution in [0.15, 0.2) is 38.0 Å². The van der Waals surface area contributed by atoms with E-state index in [9.17, 15) is 14.4 Å². The van der Waals surface area contributed by atoms with Crippen LogP contribution in [-0.2, 0) is 9.47 Å². The SMILES string of the molecule is Cc1cn([C@H]2C[C@H](N=[N+]=[N-])[C@@H](CO)O2)c(=O)[nH]c1=O.Nc1ccn([C@H]2CS[C@@H](CO)O2)c(=O)n1. The van der Waals surface area contributed by atoms with E-state index in [0.717, 1.165) is 0 Å². The van der Waals surface area contributed by atoms with Crippen LogP contribution in [-0.4, -0.2) is 65.9 Å². The molecule has 0 unspecified atom stereocenters. The maximum atomic E-state index is 11.7. The third kappa shape index (κ3) is 5.85. The Morgan fingerprint density at radius 1 is 1.29 bits per heavy atom. The Morgan fingerprint density at radius 2 is 2.06 bits per heavy atom. The van der Waals surface area contributed by atoms with Gasteiger partial charge in [0.05, 0.1) is 25.4 Å². The van der Waals surface area contributed by atoms with Gasteiger partial charge in [0, 0.05) is 35.0 Å². The summed E-state index contributed by atoms with van der Waals surface area (Å²) in [7, 11) is 0. The number of nitrogens with one attached hydrogen (secondary N) is 1. The number of aliphatic hydroxyl groups excluding tert-OH is 2. The van der Waals surface area contributed by atoms with Gasteiger partial charge in [-0.05, 0) is 18.5 Å². The quantitative estimate of drug-likeness (QED) is 0.229. The number of nitrogen functional groups attached to an aromatic ring is 1. The van der Waals surface area contributed by atoms with Gasteiger partial charge >= 0.3 is 11.4 Å². The zero-order valence-electron chi connectivity index (χ0n) is 18.1. The number of aromatic nitrogens is 4. The molecule has 2 saturated heterocycles. The maximum absolute atomic E-state index is 11.7. The predicted molar refractivity (Wildman–Crippen MR) is 121 cm³/mol. The number of aryl methyl sites for hydroxylation is 1. The molecule has 184 valence electrons. The van der Waals surface area contributed by atoms with E-state index in [2.05, 4.69) is 20.0 Å². The van der Waals surface area contributed by atoms with Crippen LogP contribution in [0.3, 0.4) is 0 Å². The number of aliphatic hydroxyl groups is 2. The summed E-state index contributed by atoms with van der Waals surface area (Å²) >= 11 is 1.47. The summed E-state index contributed by atoms with van der Waals surface area (Å²) in [6.07, 6.45) is 1.51. The second kappa shape index (κ2) is 11.3. The van der Waals surface area contributed by atoms with Gasteiger partial charge in [0.15, 0.2) is 0 Å². The Hall–Kier alpha value is -3.14. The van der Waals surface area contributed by atoms with Crippen molar-refractivity contribution in [2.75, 3.05) is 24.7 Å². The molecule has 0 spiro atoms. The highest BCUT2D eigenvalue weighted by molar-refractivity contribution is 8.00. The number of azide groups is 1. The highest BCUT2D eigenvalue weighted by Crippen LogP contribution is 2.30. The van der Waals surface area contributed by atoms with E-state index < -0.39 is 35.3 Å². The van der Waals surface area contributed by atoms with Gasteiger partial charge in [0.2, 0.25) is 0 Å². The Bertz CT molecular complexity index is 1220. The zero-order chi connectivity index (χ0) is 24.8. The fourth-order valence-corrected chi connectivity index (χ4v) is 4.30. The summed E-state index contributed by atoms with van der Waals surface area (Å²) in [6, 6.07) is 1.00. The molecule has 0 saturated carbocycles. The molecule has 0 bridgehead atoms. The molecule has 16 heteroatoms. The largest absolute Gasteiger partial charge is 0.394 e. The molecule has 34 heavy (non-hydrogen) atoms. The molecule has 4 heterocycles. The van der Waals surface area contributed by atoms with Gasteiger partial charge in [-0.2, -0.15) is 4.98 Å². The number of hydrogen-bond donors (Lipinski definition) is 4. The van der Waals surface area contributed by atoms with Crippen molar-refractivity contribution in [2.45, 2.75) is 43.4 Å². The van der Waals surface area contributed by atoms with Gasteiger partial charge < -0.3 is 25.4 Å². The number of rotatable bonds is 5. The zero-order valence-corrected chi connectivity index (χ0v) is 18.9. The second-order valence-electron chi connectivity index (χ2n) is 7.38. The Kier molecular flexibility index (Phi) is 8.49. The van der Waals surface area contributed by atoms with Crippen molar-refractivity contribution < 1.29 is 19.7 Å². The van der Waals surface area contributed by atoms with Crippen molar-refractivity contribution in [3.8, 4) is 0 Å². The average Bonchev–Trinajstić information content (AvgIpc) is 3.44. The summed E-state index contributed by atoms with van der Waals surface area (Å²) in [4.78, 5) is 42.9. The first kappa shape index (κ1) is 25.5. The monoisotopic (exact) mass is 496 g/mol. The summed E-state index contributed by atoms with van der Waals surface area (Å²) in [5.74, 6) is 0.817. The fraction of sp³-hybridized carbons (Fsp3) is 0.556. The van der Waals surface area contributed by atoms with Crippen molar-refractivity contribution >= 4 is 17.6 Å². The van der Waals surface area contributed by atoms with E-state index in [0.29, 0.717) is 11.3 Å². The lowest BCUT2D eigenvalue weighted by molar-refractivity contribution is -0.0271. The molecule has 2 fully saturated rings. The van der Waals surface area contributed by atoms with Crippen LogP contribution in [0.5, 0.6) is 0 Å². The van der Waals surface area contributed by atoms with Gasteiger partial charge in [-0.25, -0.2) is 9.59 Å². The summed E-state index contributed by atoms with van der Waals surface area (Å²) in [5.41, 5.74) is 12.4. The minimum absolute atomic E-state index is 0.0572. The molecule has 0 aliphatic carbocycles. The van der Waals surface area contributed by atoms with Crippen LogP contribution in [0.2, 0.25) is 0 Å². The summed E-state index contributed by atoms with van der Waals surface area (Å²) in [5, 5.41) is 21.5. The van der Waals surface area contributed by atoms with Crippen LogP contribution >= 0.6 is 11.8 Å². The molecular weight excluding hydrogens is 472 g/mol. The number of ether oxygens (including phenoxy) is 2. The first-order valence-electron chi connectivity index (χ1n) is 10.1. The second-order valence-corrected chi connectivity index (χ2v) is 8.57. The third-order valence-corrected chi connectivity index (χ3v) is 6.19. The van der Waals surface area contributed by atoms with E-state index >= 15 is 0 Å². The first-order valence-corrected chi connectivity index (χ1v) is 11.2. The molecule has 2 aliphatic heterocycles. The Labute approximate surface area is 195 Å². The normalized spacial score (nSPS) is 25.9. The average molecular weight is 497 g/mol. The van der Waals surface area contributed by atoms with E-state index in [1.807, 2.05) is 0 Å². The number of nitrogens with zero attached hydrogens (tertiary/aromatic N) is 6. The standard InChI is InChI=1S/C10H13N5O4.C8H11N3O3S/c1-5-3-15(10(18)12-9(5)17)8-2-6(13-14-11)7(4-16)19-8;9-5-1-2-11(8(13)10-5)6-4-15-7(3-12)14-6/h3,6-8,16H,2,4H2,1H3,(H,12,17,18);1-2,6-7,12H,3-4H2,(H2,9,10,13)/t6-,7+,8+;6-,7+/m01/s1. The first-order chi connectivity index (χ1) is 16.3. The van der Waals surface area contributed by atoms with Crippen molar-refractivity contribution in [3.05, 3.63) is 65.8 Å². The molecule has 5 atom stereocenters. The molecule has 2 aromatic rings. The van der Waals surface area contributed by atoms with Crippen LogP contribution in [0, 0.1) is 6.92 Å². The minimum Gasteiger partial charge on any atom is -0.394 e. The number of anilines is 1. The lowest BCUT2D eigenvalue weighted by Crippen LogP contribution is -2.33. The lowest BCUT2D eigenvalue weighted by atomic mass is 10.1. The van der Waals surface area contributed by atoms with Gasteiger partial charge in [-0.3, -0.25) is 18.9 Å². The minimum atomic E-state index is -0.671. The van der Waals surface area contributed by atoms with Crippen LogP contribution in [0.1, 0.15) is 24.4 Å². The summed E-state index contributed by atoms with van der Waals surface area (Å²) in [6.45, 7) is 1.20. The van der Waals surface area contributed by atoms with E-state index in [1.54, 1.807) is 19.2 Å².